The fourth-order valence-electron chi connectivity index (χ4n) is 1.82. The van der Waals surface area contributed by atoms with Crippen molar-refractivity contribution >= 4 is 27.8 Å². The molecular weight excluding hydrogens is 362 g/mol. The van der Waals surface area contributed by atoms with Crippen molar-refractivity contribution < 1.29 is 19.1 Å². The summed E-state index contributed by atoms with van der Waals surface area (Å²) >= 11 is 3.34. The predicted molar refractivity (Wildman–Crippen MR) is 89.3 cm³/mol. The third-order valence-electron chi connectivity index (χ3n) is 3.04. The third kappa shape index (κ3) is 5.41. The highest BCUT2D eigenvalue weighted by atomic mass is 79.9. The van der Waals surface area contributed by atoms with E-state index in [2.05, 4.69) is 21.2 Å². The second kappa shape index (κ2) is 8.33. The highest BCUT2D eigenvalue weighted by molar-refractivity contribution is 9.10. The number of amides is 1. The second-order valence-corrected chi connectivity index (χ2v) is 5.63. The Labute approximate surface area is 142 Å². The molecule has 120 valence electrons. The molecule has 0 aromatic heterocycles. The summed E-state index contributed by atoms with van der Waals surface area (Å²) in [6, 6.07) is 14.1. The number of carbonyl (C=O) groups is 2. The fourth-order valence-corrected chi connectivity index (χ4v) is 2.08. The van der Waals surface area contributed by atoms with Gasteiger partial charge in [0.15, 0.2) is 6.61 Å². The Bertz CT molecular complexity index is 685. The molecule has 1 amide bonds. The Hall–Kier alpha value is -2.34. The average molecular weight is 378 g/mol. The molecule has 2 aromatic rings. The van der Waals surface area contributed by atoms with E-state index in [4.69, 9.17) is 9.47 Å². The quantitative estimate of drug-likeness (QED) is 0.786. The molecule has 2 aromatic carbocycles. The van der Waals surface area contributed by atoms with Crippen LogP contribution in [0.4, 0.5) is 0 Å². The molecule has 1 N–H and O–H groups in total. The van der Waals surface area contributed by atoms with Crippen LogP contribution in [0.1, 0.15) is 15.9 Å². The van der Waals surface area contributed by atoms with Crippen LogP contribution in [-0.4, -0.2) is 25.6 Å². The van der Waals surface area contributed by atoms with Gasteiger partial charge in [0.1, 0.15) is 5.75 Å². The van der Waals surface area contributed by atoms with Crippen molar-refractivity contribution in [3.8, 4) is 5.75 Å². The van der Waals surface area contributed by atoms with Crippen molar-refractivity contribution in [2.45, 2.75) is 6.54 Å². The highest BCUT2D eigenvalue weighted by Crippen LogP contribution is 2.13. The number of esters is 1. The van der Waals surface area contributed by atoms with Gasteiger partial charge in [0.2, 0.25) is 0 Å². The van der Waals surface area contributed by atoms with Gasteiger partial charge in [0.05, 0.1) is 12.7 Å². The zero-order valence-electron chi connectivity index (χ0n) is 12.5. The van der Waals surface area contributed by atoms with E-state index in [0.29, 0.717) is 17.9 Å². The lowest BCUT2D eigenvalue weighted by atomic mass is 10.2. The van der Waals surface area contributed by atoms with Crippen molar-refractivity contribution in [3.63, 3.8) is 0 Å². The maximum absolute atomic E-state index is 11.9. The van der Waals surface area contributed by atoms with Gasteiger partial charge in [-0.2, -0.15) is 0 Å². The smallest absolute Gasteiger partial charge is 0.338 e. The lowest BCUT2D eigenvalue weighted by Gasteiger charge is -2.07. The molecule has 0 aliphatic heterocycles. The van der Waals surface area contributed by atoms with Gasteiger partial charge in [0, 0.05) is 11.0 Å². The van der Waals surface area contributed by atoms with Crippen LogP contribution in [0.2, 0.25) is 0 Å². The van der Waals surface area contributed by atoms with Crippen molar-refractivity contribution in [3.05, 3.63) is 64.1 Å². The number of hydrogen-bond acceptors (Lipinski definition) is 4. The van der Waals surface area contributed by atoms with Crippen molar-refractivity contribution in [1.82, 2.24) is 5.32 Å². The summed E-state index contributed by atoms with van der Waals surface area (Å²) in [6.07, 6.45) is 0. The van der Waals surface area contributed by atoms with E-state index >= 15 is 0 Å². The molecule has 0 spiro atoms. The minimum absolute atomic E-state index is 0.327. The number of halogens is 1. The minimum Gasteiger partial charge on any atom is -0.497 e. The van der Waals surface area contributed by atoms with Gasteiger partial charge in [-0.3, -0.25) is 4.79 Å². The summed E-state index contributed by atoms with van der Waals surface area (Å²) in [5.41, 5.74) is 1.30. The molecule has 0 heterocycles. The van der Waals surface area contributed by atoms with Crippen LogP contribution < -0.4 is 10.1 Å². The molecule has 2 rings (SSSR count). The first-order chi connectivity index (χ1) is 11.1. The largest absolute Gasteiger partial charge is 0.497 e. The number of carbonyl (C=O) groups excluding carboxylic acids is 2. The summed E-state index contributed by atoms with van der Waals surface area (Å²) in [5, 5.41) is 2.69. The zero-order valence-corrected chi connectivity index (χ0v) is 14.1. The maximum atomic E-state index is 11.9. The first kappa shape index (κ1) is 17.0. The van der Waals surface area contributed by atoms with E-state index in [1.54, 1.807) is 24.3 Å². The highest BCUT2D eigenvalue weighted by Gasteiger charge is 2.10. The van der Waals surface area contributed by atoms with Crippen LogP contribution in [0, 0.1) is 0 Å². The van der Waals surface area contributed by atoms with E-state index in [0.717, 1.165) is 10.0 Å². The van der Waals surface area contributed by atoms with Gasteiger partial charge in [-0.1, -0.05) is 34.1 Å². The molecule has 0 aliphatic rings. The minimum atomic E-state index is -0.567. The first-order valence-electron chi connectivity index (χ1n) is 6.91. The van der Waals surface area contributed by atoms with Gasteiger partial charge in [-0.05, 0) is 35.9 Å². The number of benzene rings is 2. The molecule has 0 fully saturated rings. The van der Waals surface area contributed by atoms with E-state index in [1.165, 1.54) is 7.11 Å². The Morgan fingerprint density at radius 2 is 1.87 bits per heavy atom. The van der Waals surface area contributed by atoms with Crippen LogP contribution in [0.15, 0.2) is 53.0 Å². The molecule has 23 heavy (non-hydrogen) atoms. The molecule has 0 bridgehead atoms. The summed E-state index contributed by atoms with van der Waals surface area (Å²) < 4.78 is 11.0. The van der Waals surface area contributed by atoms with Gasteiger partial charge < -0.3 is 14.8 Å². The molecule has 0 saturated heterocycles. The summed E-state index contributed by atoms with van der Waals surface area (Å²) in [4.78, 5) is 23.6. The zero-order chi connectivity index (χ0) is 16.7. The maximum Gasteiger partial charge on any atom is 0.338 e. The lowest BCUT2D eigenvalue weighted by molar-refractivity contribution is -0.124. The topological polar surface area (TPSA) is 64.6 Å². The first-order valence-corrected chi connectivity index (χ1v) is 7.70. The molecule has 0 aliphatic carbocycles. The third-order valence-corrected chi connectivity index (χ3v) is 3.57. The summed E-state index contributed by atoms with van der Waals surface area (Å²) in [6.45, 7) is 0.0510. The van der Waals surface area contributed by atoms with Crippen molar-refractivity contribution in [2.75, 3.05) is 13.7 Å². The molecule has 6 heteroatoms. The van der Waals surface area contributed by atoms with Crippen LogP contribution in [0.3, 0.4) is 0 Å². The number of nitrogens with one attached hydrogen (secondary N) is 1. The number of hydrogen-bond donors (Lipinski definition) is 1. The van der Waals surface area contributed by atoms with Gasteiger partial charge in [-0.15, -0.1) is 0 Å². The van der Waals surface area contributed by atoms with Gasteiger partial charge in [0.25, 0.3) is 5.91 Å². The Morgan fingerprint density at radius 3 is 2.57 bits per heavy atom. The summed E-state index contributed by atoms with van der Waals surface area (Å²) in [7, 11) is 1.51. The second-order valence-electron chi connectivity index (χ2n) is 4.71. The molecule has 5 nitrogen and oxygen atoms in total. The monoisotopic (exact) mass is 377 g/mol. The fraction of sp³-hybridized carbons (Fsp3) is 0.176. The number of rotatable bonds is 6. The normalized spacial score (nSPS) is 10.0. The molecule has 0 radical (unpaired) electrons. The summed E-state index contributed by atoms with van der Waals surface area (Å²) in [5.74, 6) is -0.369. The molecule has 0 unspecified atom stereocenters. The van der Waals surface area contributed by atoms with Crippen LogP contribution in [0.5, 0.6) is 5.75 Å². The van der Waals surface area contributed by atoms with Crippen LogP contribution in [-0.2, 0) is 16.1 Å². The van der Waals surface area contributed by atoms with Crippen LogP contribution >= 0.6 is 15.9 Å². The van der Waals surface area contributed by atoms with Gasteiger partial charge in [-0.25, -0.2) is 4.79 Å². The molecule has 0 atom stereocenters. The standard InChI is InChI=1S/C17H16BrNO4/c1-22-15-4-2-3-13(9-15)17(21)23-11-16(20)19-10-12-5-7-14(18)8-6-12/h2-9H,10-11H2,1H3,(H,19,20). The van der Waals surface area contributed by atoms with E-state index in [9.17, 15) is 9.59 Å². The van der Waals surface area contributed by atoms with Crippen molar-refractivity contribution in [2.24, 2.45) is 0 Å². The Kier molecular flexibility index (Phi) is 6.17. The van der Waals surface area contributed by atoms with E-state index in [-0.39, 0.29) is 12.5 Å². The Morgan fingerprint density at radius 1 is 1.13 bits per heavy atom. The van der Waals surface area contributed by atoms with E-state index < -0.39 is 5.97 Å². The number of ether oxygens (including phenoxy) is 2. The predicted octanol–water partition coefficient (Wildman–Crippen LogP) is 2.93. The number of methoxy groups -OCH3 is 1. The van der Waals surface area contributed by atoms with Gasteiger partial charge >= 0.3 is 5.97 Å². The SMILES string of the molecule is COc1cccc(C(=O)OCC(=O)NCc2ccc(Br)cc2)c1. The molecular formula is C17H16BrNO4. The Balaban J connectivity index is 1.79. The van der Waals surface area contributed by atoms with Crippen molar-refractivity contribution in [1.29, 1.82) is 0 Å². The van der Waals surface area contributed by atoms with E-state index in [1.807, 2.05) is 24.3 Å². The average Bonchev–Trinajstić information content (AvgIpc) is 2.59. The molecule has 0 saturated carbocycles. The lowest BCUT2D eigenvalue weighted by Crippen LogP contribution is -2.28. The van der Waals surface area contributed by atoms with Crippen LogP contribution in [0.25, 0.3) is 0 Å².